The molecule has 0 unspecified atom stereocenters. The van der Waals surface area contributed by atoms with Gasteiger partial charge in [0, 0.05) is 21.0 Å². The maximum atomic E-state index is 11.8. The Bertz CT molecular complexity index is 362. The molecule has 1 amide bonds. The Morgan fingerprint density at radius 2 is 1.94 bits per heavy atom. The average molecular weight is 396 g/mol. The van der Waals surface area contributed by atoms with Crippen molar-refractivity contribution in [3.05, 3.63) is 33.4 Å². The van der Waals surface area contributed by atoms with Crippen LogP contribution >= 0.6 is 38.5 Å². The van der Waals surface area contributed by atoms with Crippen molar-refractivity contribution in [3.8, 4) is 0 Å². The van der Waals surface area contributed by atoms with Crippen molar-refractivity contribution in [2.75, 3.05) is 11.9 Å². The van der Waals surface area contributed by atoms with Gasteiger partial charge in [-0.2, -0.15) is 0 Å². The van der Waals surface area contributed by atoms with Crippen LogP contribution in [0.4, 0.5) is 0 Å². The third-order valence-electron chi connectivity index (χ3n) is 2.20. The number of rotatable bonds is 4. The van der Waals surface area contributed by atoms with Gasteiger partial charge >= 0.3 is 0 Å². The van der Waals surface area contributed by atoms with E-state index in [4.69, 9.17) is 0 Å². The van der Waals surface area contributed by atoms with Gasteiger partial charge in [0.1, 0.15) is 0 Å². The minimum Gasteiger partial charge on any atom is -0.351 e. The third kappa shape index (κ3) is 4.41. The fourth-order valence-corrected chi connectivity index (χ4v) is 1.63. The zero-order chi connectivity index (χ0) is 12.2. The molecule has 0 aliphatic heterocycles. The van der Waals surface area contributed by atoms with Gasteiger partial charge in [0.05, 0.1) is 0 Å². The average Bonchev–Trinajstić information content (AvgIpc) is 2.27. The molecule has 0 saturated carbocycles. The Kier molecular flexibility index (Phi) is 5.24. The van der Waals surface area contributed by atoms with Crippen molar-refractivity contribution in [3.63, 3.8) is 0 Å². The predicted octanol–water partition coefficient (Wildman–Crippen LogP) is 3.44. The fourth-order valence-electron chi connectivity index (χ4n) is 1.07. The quantitative estimate of drug-likeness (QED) is 0.614. The van der Waals surface area contributed by atoms with Crippen LogP contribution in [0.25, 0.3) is 0 Å². The van der Waals surface area contributed by atoms with E-state index >= 15 is 0 Å². The molecule has 0 aromatic heterocycles. The highest BCUT2D eigenvalue weighted by Crippen LogP contribution is 2.16. The maximum Gasteiger partial charge on any atom is 0.251 e. The van der Waals surface area contributed by atoms with Gasteiger partial charge < -0.3 is 5.32 Å². The van der Waals surface area contributed by atoms with Gasteiger partial charge in [0.2, 0.25) is 0 Å². The first-order valence-electron chi connectivity index (χ1n) is 5.04. The molecule has 1 aromatic rings. The van der Waals surface area contributed by atoms with Crippen LogP contribution in [-0.4, -0.2) is 17.8 Å². The Labute approximate surface area is 118 Å². The molecule has 1 aromatic carbocycles. The second-order valence-corrected chi connectivity index (χ2v) is 6.29. The van der Waals surface area contributed by atoms with E-state index in [2.05, 4.69) is 57.7 Å². The van der Waals surface area contributed by atoms with Crippen molar-refractivity contribution in [1.29, 1.82) is 0 Å². The summed E-state index contributed by atoms with van der Waals surface area (Å²) in [6.45, 7) is 4.88. The molecule has 16 heavy (non-hydrogen) atoms. The predicted molar refractivity (Wildman–Crippen MR) is 79.1 cm³/mol. The summed E-state index contributed by atoms with van der Waals surface area (Å²) in [5, 5.41) is 3.81. The molecular weight excluding hydrogens is 381 g/mol. The second-order valence-electron chi connectivity index (χ2n) is 4.49. The molecule has 1 rings (SSSR count). The number of nitrogens with one attached hydrogen (secondary N) is 1. The van der Waals surface area contributed by atoms with Crippen LogP contribution in [0.1, 0.15) is 24.2 Å². The van der Waals surface area contributed by atoms with Crippen molar-refractivity contribution >= 4 is 44.4 Å². The molecule has 4 heteroatoms. The molecule has 0 aliphatic carbocycles. The number of carbonyl (C=O) groups is 1. The zero-order valence-electron chi connectivity index (χ0n) is 9.39. The highest BCUT2D eigenvalue weighted by Gasteiger charge is 2.17. The van der Waals surface area contributed by atoms with E-state index in [1.165, 1.54) is 0 Å². The van der Waals surface area contributed by atoms with Gasteiger partial charge in [-0.1, -0.05) is 29.8 Å². The molecule has 0 atom stereocenters. The Hall–Kier alpha value is -0.100. The summed E-state index contributed by atoms with van der Waals surface area (Å²) in [6.07, 6.45) is 0. The van der Waals surface area contributed by atoms with Crippen LogP contribution in [0.3, 0.4) is 0 Å². The van der Waals surface area contributed by atoms with E-state index in [9.17, 15) is 4.79 Å². The monoisotopic (exact) mass is 395 g/mol. The second kappa shape index (κ2) is 6.00. The molecule has 0 spiro atoms. The van der Waals surface area contributed by atoms with Crippen LogP contribution in [0, 0.1) is 8.99 Å². The Balaban J connectivity index is 2.56. The van der Waals surface area contributed by atoms with Crippen LogP contribution in [0.2, 0.25) is 0 Å². The highest BCUT2D eigenvalue weighted by atomic mass is 127. The minimum atomic E-state index is -0.00887. The summed E-state index contributed by atoms with van der Waals surface area (Å²) in [4.78, 5) is 11.8. The number of benzene rings is 1. The smallest absolute Gasteiger partial charge is 0.251 e. The number of hydrogen-bond acceptors (Lipinski definition) is 1. The zero-order valence-corrected chi connectivity index (χ0v) is 13.1. The van der Waals surface area contributed by atoms with Crippen LogP contribution < -0.4 is 5.32 Å². The largest absolute Gasteiger partial charge is 0.351 e. The van der Waals surface area contributed by atoms with E-state index in [0.717, 1.165) is 8.90 Å². The summed E-state index contributed by atoms with van der Waals surface area (Å²) in [6, 6.07) is 7.56. The minimum absolute atomic E-state index is 0.00887. The number of amides is 1. The lowest BCUT2D eigenvalue weighted by molar-refractivity contribution is 0.0940. The molecule has 0 heterocycles. The van der Waals surface area contributed by atoms with Crippen LogP contribution in [0.5, 0.6) is 0 Å². The summed E-state index contributed by atoms with van der Waals surface area (Å²) in [5.41, 5.74) is 0.796. The maximum absolute atomic E-state index is 11.8. The van der Waals surface area contributed by atoms with Gasteiger partial charge in [-0.3, -0.25) is 4.79 Å². The van der Waals surface area contributed by atoms with Gasteiger partial charge in [-0.25, -0.2) is 0 Å². The van der Waals surface area contributed by atoms with Crippen molar-refractivity contribution in [2.45, 2.75) is 13.8 Å². The van der Waals surface area contributed by atoms with Gasteiger partial charge in [0.15, 0.2) is 0 Å². The summed E-state index contributed by atoms with van der Waals surface area (Å²) in [5.74, 6) is -0.00887. The lowest BCUT2D eigenvalue weighted by Crippen LogP contribution is -2.34. The van der Waals surface area contributed by atoms with Crippen molar-refractivity contribution < 1.29 is 4.79 Å². The van der Waals surface area contributed by atoms with Crippen molar-refractivity contribution in [2.24, 2.45) is 5.41 Å². The first-order valence-corrected chi connectivity index (χ1v) is 7.24. The van der Waals surface area contributed by atoms with E-state index < -0.39 is 0 Å². The Morgan fingerprint density at radius 1 is 1.38 bits per heavy atom. The molecule has 1 N–H and O–H groups in total. The summed E-state index contributed by atoms with van der Waals surface area (Å²) in [7, 11) is 0. The fraction of sp³-hybridized carbons (Fsp3) is 0.417. The topological polar surface area (TPSA) is 29.1 Å². The normalized spacial score (nSPS) is 11.2. The lowest BCUT2D eigenvalue weighted by atomic mass is 9.97. The third-order valence-corrected chi connectivity index (χ3v) is 4.43. The van der Waals surface area contributed by atoms with E-state index in [-0.39, 0.29) is 11.3 Å². The number of alkyl halides is 1. The highest BCUT2D eigenvalue weighted by molar-refractivity contribution is 14.1. The molecular formula is C12H15BrINO. The first kappa shape index (κ1) is 14.0. The summed E-state index contributed by atoms with van der Waals surface area (Å²) >= 11 is 5.66. The molecule has 0 radical (unpaired) electrons. The van der Waals surface area contributed by atoms with E-state index in [0.29, 0.717) is 12.1 Å². The number of halogens is 2. The Morgan fingerprint density at radius 3 is 2.44 bits per heavy atom. The molecule has 2 nitrogen and oxygen atoms in total. The lowest BCUT2D eigenvalue weighted by Gasteiger charge is -2.21. The van der Waals surface area contributed by atoms with Crippen LogP contribution in [0.15, 0.2) is 24.3 Å². The first-order chi connectivity index (χ1) is 7.44. The van der Waals surface area contributed by atoms with Gasteiger partial charge in [-0.05, 0) is 52.3 Å². The molecule has 0 saturated heterocycles. The van der Waals surface area contributed by atoms with Crippen LogP contribution in [-0.2, 0) is 0 Å². The SMILES string of the molecule is CC(C)(CBr)CNC(=O)c1ccc(I)cc1. The van der Waals surface area contributed by atoms with Gasteiger partial charge in [-0.15, -0.1) is 0 Å². The van der Waals surface area contributed by atoms with E-state index in [1.54, 1.807) is 0 Å². The number of carbonyl (C=O) groups excluding carboxylic acids is 1. The summed E-state index contributed by atoms with van der Waals surface area (Å²) < 4.78 is 1.13. The molecule has 0 fully saturated rings. The molecule has 0 bridgehead atoms. The van der Waals surface area contributed by atoms with Gasteiger partial charge in [0.25, 0.3) is 5.91 Å². The standard InChI is InChI=1S/C12H15BrINO/c1-12(2,7-13)8-15-11(16)9-3-5-10(14)6-4-9/h3-6H,7-8H2,1-2H3,(H,15,16). The molecule has 88 valence electrons. The van der Waals surface area contributed by atoms with Crippen molar-refractivity contribution in [1.82, 2.24) is 5.32 Å². The number of hydrogen-bond donors (Lipinski definition) is 1. The van der Waals surface area contributed by atoms with E-state index in [1.807, 2.05) is 24.3 Å². The molecule has 0 aliphatic rings.